The zero-order valence-electron chi connectivity index (χ0n) is 10.1. The first-order valence-corrected chi connectivity index (χ1v) is 5.63. The van der Waals surface area contributed by atoms with Crippen LogP contribution >= 0.6 is 0 Å². The summed E-state index contributed by atoms with van der Waals surface area (Å²) in [5.41, 5.74) is 3.95. The molecular weight excluding hydrogens is 198 g/mol. The van der Waals surface area contributed by atoms with Gasteiger partial charge < -0.3 is 4.57 Å². The molecule has 2 aromatic rings. The molecular formula is C13H17N3. The summed E-state index contributed by atoms with van der Waals surface area (Å²) < 4.78 is 2.09. The molecule has 2 rings (SSSR count). The molecule has 3 heteroatoms. The lowest BCUT2D eigenvalue weighted by Gasteiger charge is -2.07. The Hall–Kier alpha value is -1.64. The number of benzene rings is 1. The molecule has 0 aliphatic rings. The van der Waals surface area contributed by atoms with Gasteiger partial charge in [0.05, 0.1) is 0 Å². The van der Waals surface area contributed by atoms with Crippen LogP contribution in [-0.4, -0.2) is 14.8 Å². The highest BCUT2D eigenvalue weighted by Crippen LogP contribution is 2.14. The number of aryl methyl sites for hydroxylation is 3. The van der Waals surface area contributed by atoms with Crippen molar-refractivity contribution < 1.29 is 0 Å². The van der Waals surface area contributed by atoms with Crippen LogP contribution in [0.2, 0.25) is 0 Å². The number of rotatable bonds is 3. The quantitative estimate of drug-likeness (QED) is 0.787. The second kappa shape index (κ2) is 4.47. The normalized spacial score (nSPS) is 10.7. The Labute approximate surface area is 96.1 Å². The summed E-state index contributed by atoms with van der Waals surface area (Å²) >= 11 is 0. The van der Waals surface area contributed by atoms with Crippen LogP contribution in [0.4, 0.5) is 0 Å². The Morgan fingerprint density at radius 2 is 2.06 bits per heavy atom. The van der Waals surface area contributed by atoms with Gasteiger partial charge in [-0.25, -0.2) is 0 Å². The number of hydrogen-bond donors (Lipinski definition) is 0. The minimum Gasteiger partial charge on any atom is -0.318 e. The first kappa shape index (κ1) is 10.9. The van der Waals surface area contributed by atoms with Crippen LogP contribution in [0.5, 0.6) is 0 Å². The molecule has 0 saturated heterocycles. The van der Waals surface area contributed by atoms with Gasteiger partial charge in [-0.3, -0.25) is 0 Å². The number of hydrogen-bond acceptors (Lipinski definition) is 2. The molecule has 84 valence electrons. The zero-order chi connectivity index (χ0) is 11.5. The van der Waals surface area contributed by atoms with E-state index in [2.05, 4.69) is 53.7 Å². The van der Waals surface area contributed by atoms with E-state index in [-0.39, 0.29) is 0 Å². The van der Waals surface area contributed by atoms with Crippen LogP contribution in [0.1, 0.15) is 29.4 Å². The third-order valence-corrected chi connectivity index (χ3v) is 2.89. The van der Waals surface area contributed by atoms with Crippen molar-refractivity contribution >= 4 is 0 Å². The maximum Gasteiger partial charge on any atom is 0.137 e. The van der Waals surface area contributed by atoms with Crippen LogP contribution in [0, 0.1) is 13.8 Å². The highest BCUT2D eigenvalue weighted by atomic mass is 15.3. The Bertz CT molecular complexity index is 486. The summed E-state index contributed by atoms with van der Waals surface area (Å²) in [6.45, 7) is 7.29. The molecule has 16 heavy (non-hydrogen) atoms. The molecule has 1 aromatic heterocycles. The molecule has 1 heterocycles. The Kier molecular flexibility index (Phi) is 3.04. The fourth-order valence-electron chi connectivity index (χ4n) is 1.84. The first-order chi connectivity index (χ1) is 7.70. The summed E-state index contributed by atoms with van der Waals surface area (Å²) in [4.78, 5) is 0. The monoisotopic (exact) mass is 215 g/mol. The van der Waals surface area contributed by atoms with E-state index in [1.54, 1.807) is 6.33 Å². The maximum absolute atomic E-state index is 4.17. The van der Waals surface area contributed by atoms with E-state index in [4.69, 9.17) is 0 Å². The third-order valence-electron chi connectivity index (χ3n) is 2.89. The molecule has 0 N–H and O–H groups in total. The summed E-state index contributed by atoms with van der Waals surface area (Å²) in [5, 5.41) is 8.12. The van der Waals surface area contributed by atoms with Crippen molar-refractivity contribution in [1.82, 2.24) is 14.8 Å². The topological polar surface area (TPSA) is 30.7 Å². The molecule has 0 unspecified atom stereocenters. The van der Waals surface area contributed by atoms with Crippen molar-refractivity contribution in [3.63, 3.8) is 0 Å². The van der Waals surface area contributed by atoms with Crippen molar-refractivity contribution in [3.05, 3.63) is 47.0 Å². The molecule has 0 spiro atoms. The first-order valence-electron chi connectivity index (χ1n) is 5.63. The van der Waals surface area contributed by atoms with Crippen LogP contribution in [0.25, 0.3) is 0 Å². The minimum atomic E-state index is 0.862. The number of nitrogens with zero attached hydrogens (tertiary/aromatic N) is 3. The average molecular weight is 215 g/mol. The SMILES string of the molecule is CCn1cnnc1Cc1cc(C)ccc1C. The minimum absolute atomic E-state index is 0.862. The lowest BCUT2D eigenvalue weighted by Crippen LogP contribution is -2.03. The Morgan fingerprint density at radius 3 is 2.81 bits per heavy atom. The van der Waals surface area contributed by atoms with Gasteiger partial charge in [0.1, 0.15) is 12.2 Å². The molecule has 0 aliphatic carbocycles. The lowest BCUT2D eigenvalue weighted by atomic mass is 10.0. The summed E-state index contributed by atoms with van der Waals surface area (Å²) in [5.74, 6) is 1.04. The van der Waals surface area contributed by atoms with E-state index in [0.29, 0.717) is 0 Å². The van der Waals surface area contributed by atoms with Gasteiger partial charge in [0.25, 0.3) is 0 Å². The van der Waals surface area contributed by atoms with E-state index in [1.165, 1.54) is 16.7 Å². The average Bonchev–Trinajstić information content (AvgIpc) is 2.71. The van der Waals surface area contributed by atoms with E-state index >= 15 is 0 Å². The predicted molar refractivity (Wildman–Crippen MR) is 64.4 cm³/mol. The lowest BCUT2D eigenvalue weighted by molar-refractivity contribution is 0.711. The molecule has 1 aromatic carbocycles. The second-order valence-electron chi connectivity index (χ2n) is 4.14. The van der Waals surface area contributed by atoms with Crippen LogP contribution in [0.15, 0.2) is 24.5 Å². The van der Waals surface area contributed by atoms with Crippen LogP contribution < -0.4 is 0 Å². The Balaban J connectivity index is 2.30. The van der Waals surface area contributed by atoms with Gasteiger partial charge in [-0.15, -0.1) is 10.2 Å². The van der Waals surface area contributed by atoms with Gasteiger partial charge in [0, 0.05) is 13.0 Å². The van der Waals surface area contributed by atoms with E-state index in [9.17, 15) is 0 Å². The van der Waals surface area contributed by atoms with Gasteiger partial charge in [-0.2, -0.15) is 0 Å². The third kappa shape index (κ3) is 2.13. The van der Waals surface area contributed by atoms with Crippen molar-refractivity contribution in [2.75, 3.05) is 0 Å². The van der Waals surface area contributed by atoms with Gasteiger partial charge in [0.15, 0.2) is 0 Å². The summed E-state index contributed by atoms with van der Waals surface area (Å²) in [7, 11) is 0. The molecule has 0 atom stereocenters. The van der Waals surface area contributed by atoms with Crippen molar-refractivity contribution in [2.24, 2.45) is 0 Å². The molecule has 0 amide bonds. The van der Waals surface area contributed by atoms with Crippen molar-refractivity contribution in [3.8, 4) is 0 Å². The molecule has 0 bridgehead atoms. The smallest absolute Gasteiger partial charge is 0.137 e. The number of aromatic nitrogens is 3. The Morgan fingerprint density at radius 1 is 1.25 bits per heavy atom. The van der Waals surface area contributed by atoms with Crippen LogP contribution in [-0.2, 0) is 13.0 Å². The van der Waals surface area contributed by atoms with Crippen molar-refractivity contribution in [1.29, 1.82) is 0 Å². The van der Waals surface area contributed by atoms with E-state index in [1.807, 2.05) is 0 Å². The molecule has 0 fully saturated rings. The van der Waals surface area contributed by atoms with Crippen LogP contribution in [0.3, 0.4) is 0 Å². The largest absolute Gasteiger partial charge is 0.318 e. The van der Waals surface area contributed by atoms with Gasteiger partial charge >= 0.3 is 0 Å². The van der Waals surface area contributed by atoms with Gasteiger partial charge in [0.2, 0.25) is 0 Å². The van der Waals surface area contributed by atoms with E-state index in [0.717, 1.165) is 18.8 Å². The molecule has 0 radical (unpaired) electrons. The molecule has 3 nitrogen and oxygen atoms in total. The fraction of sp³-hybridized carbons (Fsp3) is 0.385. The highest BCUT2D eigenvalue weighted by molar-refractivity contribution is 5.32. The summed E-state index contributed by atoms with van der Waals surface area (Å²) in [6.07, 6.45) is 2.65. The zero-order valence-corrected chi connectivity index (χ0v) is 10.1. The molecule has 0 aliphatic heterocycles. The summed E-state index contributed by atoms with van der Waals surface area (Å²) in [6, 6.07) is 6.53. The standard InChI is InChI=1S/C13H17N3/c1-4-16-9-14-15-13(16)8-12-7-10(2)5-6-11(12)3/h5-7,9H,4,8H2,1-3H3. The highest BCUT2D eigenvalue weighted by Gasteiger charge is 2.06. The second-order valence-corrected chi connectivity index (χ2v) is 4.14. The fourth-order valence-corrected chi connectivity index (χ4v) is 1.84. The van der Waals surface area contributed by atoms with Gasteiger partial charge in [-0.1, -0.05) is 23.8 Å². The predicted octanol–water partition coefficient (Wildman–Crippen LogP) is 2.51. The van der Waals surface area contributed by atoms with Gasteiger partial charge in [-0.05, 0) is 31.9 Å². The maximum atomic E-state index is 4.17. The van der Waals surface area contributed by atoms with E-state index < -0.39 is 0 Å². The van der Waals surface area contributed by atoms with Crippen molar-refractivity contribution in [2.45, 2.75) is 33.7 Å². The molecule has 0 saturated carbocycles.